The molecule has 0 spiro atoms. The lowest BCUT2D eigenvalue weighted by molar-refractivity contribution is -0.112. The van der Waals surface area contributed by atoms with E-state index in [-0.39, 0.29) is 11.9 Å². The Morgan fingerprint density at radius 1 is 1.00 bits per heavy atom. The fourth-order valence-electron chi connectivity index (χ4n) is 3.75. The number of aromatic nitrogens is 4. The van der Waals surface area contributed by atoms with Crippen LogP contribution in [0.25, 0.3) is 17.2 Å². The van der Waals surface area contributed by atoms with E-state index in [4.69, 9.17) is 0 Å². The SMILES string of the molecule is CC(=Cc1c(C)c(C)c(-c2ccc(NC(C)C)cc2)c(C)c1C)C(=O)Nc1nn[nH]n1. The molecule has 0 saturated carbocycles. The second-order valence-corrected chi connectivity index (χ2v) is 8.18. The van der Waals surface area contributed by atoms with E-state index in [0.29, 0.717) is 11.6 Å². The van der Waals surface area contributed by atoms with Gasteiger partial charge in [-0.05, 0) is 111 Å². The lowest BCUT2D eigenvalue weighted by Crippen LogP contribution is -2.14. The van der Waals surface area contributed by atoms with Gasteiger partial charge in [0, 0.05) is 17.3 Å². The van der Waals surface area contributed by atoms with Gasteiger partial charge in [-0.15, -0.1) is 5.10 Å². The topological polar surface area (TPSA) is 95.6 Å². The Hall–Kier alpha value is -3.48. The molecule has 7 heteroatoms. The first-order valence-electron chi connectivity index (χ1n) is 10.4. The van der Waals surface area contributed by atoms with Crippen LogP contribution in [-0.2, 0) is 4.79 Å². The molecule has 0 aliphatic carbocycles. The summed E-state index contributed by atoms with van der Waals surface area (Å²) in [6.45, 7) is 14.5. The van der Waals surface area contributed by atoms with Gasteiger partial charge in [-0.1, -0.05) is 17.2 Å². The van der Waals surface area contributed by atoms with Crippen molar-refractivity contribution in [2.24, 2.45) is 0 Å². The molecule has 3 aromatic rings. The van der Waals surface area contributed by atoms with Crippen molar-refractivity contribution in [1.82, 2.24) is 20.6 Å². The van der Waals surface area contributed by atoms with Crippen LogP contribution in [0.5, 0.6) is 0 Å². The molecule has 0 aliphatic heterocycles. The Morgan fingerprint density at radius 3 is 2.13 bits per heavy atom. The average molecular weight is 419 g/mol. The average Bonchev–Trinajstić information content (AvgIpc) is 3.23. The van der Waals surface area contributed by atoms with Gasteiger partial charge in [0.05, 0.1) is 0 Å². The largest absolute Gasteiger partial charge is 0.383 e. The third-order valence-corrected chi connectivity index (χ3v) is 5.60. The quantitative estimate of drug-likeness (QED) is 0.492. The summed E-state index contributed by atoms with van der Waals surface area (Å²) >= 11 is 0. The molecule has 3 rings (SSSR count). The predicted octanol–water partition coefficient (Wildman–Crippen LogP) is 4.96. The molecule has 0 radical (unpaired) electrons. The lowest BCUT2D eigenvalue weighted by Gasteiger charge is -2.20. The fourth-order valence-corrected chi connectivity index (χ4v) is 3.75. The standard InChI is InChI=1S/C24H30N6O/c1-13(2)25-20-10-8-19(9-11-20)22-17(6)15(4)21(16(5)18(22)7)12-14(3)23(31)26-24-27-29-30-28-24/h8-13,25H,1-7H3,(H2,26,27,28,29,30,31). The van der Waals surface area contributed by atoms with Crippen molar-refractivity contribution in [3.8, 4) is 11.1 Å². The summed E-state index contributed by atoms with van der Waals surface area (Å²) in [6.07, 6.45) is 1.93. The molecule has 7 nitrogen and oxygen atoms in total. The molecular formula is C24H30N6O. The first-order chi connectivity index (χ1) is 14.7. The molecule has 3 N–H and O–H groups in total. The maximum Gasteiger partial charge on any atom is 0.270 e. The van der Waals surface area contributed by atoms with Gasteiger partial charge in [0.25, 0.3) is 11.9 Å². The molecule has 0 unspecified atom stereocenters. The molecule has 31 heavy (non-hydrogen) atoms. The van der Waals surface area contributed by atoms with E-state index in [0.717, 1.165) is 22.4 Å². The number of nitrogens with zero attached hydrogens (tertiary/aromatic N) is 3. The summed E-state index contributed by atoms with van der Waals surface area (Å²) in [7, 11) is 0. The van der Waals surface area contributed by atoms with Gasteiger partial charge in [0.2, 0.25) is 0 Å². The molecule has 2 aromatic carbocycles. The van der Waals surface area contributed by atoms with Gasteiger partial charge in [-0.2, -0.15) is 5.21 Å². The number of hydrogen-bond acceptors (Lipinski definition) is 5. The zero-order valence-corrected chi connectivity index (χ0v) is 19.2. The minimum absolute atomic E-state index is 0.157. The third kappa shape index (κ3) is 4.82. The molecule has 0 atom stereocenters. The van der Waals surface area contributed by atoms with Crippen LogP contribution in [0.3, 0.4) is 0 Å². The highest BCUT2D eigenvalue weighted by Gasteiger charge is 2.16. The van der Waals surface area contributed by atoms with Crippen LogP contribution < -0.4 is 10.6 Å². The number of tetrazole rings is 1. The van der Waals surface area contributed by atoms with Crippen LogP contribution in [0.2, 0.25) is 0 Å². The molecule has 1 aromatic heterocycles. The van der Waals surface area contributed by atoms with Crippen LogP contribution in [0.15, 0.2) is 29.8 Å². The Balaban J connectivity index is 1.97. The van der Waals surface area contributed by atoms with Crippen molar-refractivity contribution in [3.05, 3.63) is 57.7 Å². The summed E-state index contributed by atoms with van der Waals surface area (Å²) in [5, 5.41) is 19.4. The fraction of sp³-hybridized carbons (Fsp3) is 0.333. The smallest absolute Gasteiger partial charge is 0.270 e. The number of carbonyl (C=O) groups is 1. The van der Waals surface area contributed by atoms with Crippen LogP contribution in [0.4, 0.5) is 11.6 Å². The van der Waals surface area contributed by atoms with E-state index >= 15 is 0 Å². The first-order valence-corrected chi connectivity index (χ1v) is 10.4. The van der Waals surface area contributed by atoms with E-state index in [1.54, 1.807) is 6.92 Å². The molecule has 0 fully saturated rings. The highest BCUT2D eigenvalue weighted by molar-refractivity contribution is 6.05. The van der Waals surface area contributed by atoms with Crippen LogP contribution in [-0.4, -0.2) is 32.6 Å². The number of benzene rings is 2. The minimum Gasteiger partial charge on any atom is -0.383 e. The number of amides is 1. The molecule has 1 amide bonds. The summed E-state index contributed by atoms with van der Waals surface area (Å²) in [5.41, 5.74) is 9.95. The number of aromatic amines is 1. The number of nitrogens with one attached hydrogen (secondary N) is 3. The third-order valence-electron chi connectivity index (χ3n) is 5.60. The van der Waals surface area contributed by atoms with E-state index in [9.17, 15) is 4.79 Å². The van der Waals surface area contributed by atoms with Gasteiger partial charge in [-0.25, -0.2) is 0 Å². The predicted molar refractivity (Wildman–Crippen MR) is 126 cm³/mol. The van der Waals surface area contributed by atoms with Crippen LogP contribution in [0.1, 0.15) is 48.6 Å². The van der Waals surface area contributed by atoms with Crippen molar-refractivity contribution in [2.45, 2.75) is 54.5 Å². The Kier molecular flexibility index (Phi) is 6.53. The van der Waals surface area contributed by atoms with E-state index in [1.807, 2.05) is 6.08 Å². The van der Waals surface area contributed by atoms with Gasteiger partial charge < -0.3 is 5.32 Å². The first kappa shape index (κ1) is 22.2. The monoisotopic (exact) mass is 418 g/mol. The number of anilines is 2. The van der Waals surface area contributed by atoms with Crippen LogP contribution in [0, 0.1) is 27.7 Å². The minimum atomic E-state index is -0.257. The lowest BCUT2D eigenvalue weighted by atomic mass is 9.85. The Morgan fingerprint density at radius 2 is 1.61 bits per heavy atom. The van der Waals surface area contributed by atoms with E-state index in [1.165, 1.54) is 22.3 Å². The van der Waals surface area contributed by atoms with E-state index in [2.05, 4.69) is 97.1 Å². The van der Waals surface area contributed by atoms with Gasteiger partial charge in [0.1, 0.15) is 0 Å². The summed E-state index contributed by atoms with van der Waals surface area (Å²) in [5.74, 6) is -0.0999. The van der Waals surface area contributed by atoms with Crippen molar-refractivity contribution < 1.29 is 4.79 Å². The van der Waals surface area contributed by atoms with Gasteiger partial charge in [-0.3, -0.25) is 10.1 Å². The summed E-state index contributed by atoms with van der Waals surface area (Å²) in [6, 6.07) is 8.97. The molecule has 1 heterocycles. The second kappa shape index (κ2) is 9.12. The number of H-pyrrole nitrogens is 1. The molecule has 0 saturated heterocycles. The molecule has 0 bridgehead atoms. The Labute approximate surface area is 183 Å². The normalized spacial score (nSPS) is 11.7. The maximum absolute atomic E-state index is 12.5. The van der Waals surface area contributed by atoms with Gasteiger partial charge >= 0.3 is 0 Å². The van der Waals surface area contributed by atoms with Crippen molar-refractivity contribution in [1.29, 1.82) is 0 Å². The number of carbonyl (C=O) groups excluding carboxylic acids is 1. The molecular weight excluding hydrogens is 388 g/mol. The van der Waals surface area contributed by atoms with Crippen LogP contribution >= 0.6 is 0 Å². The van der Waals surface area contributed by atoms with E-state index < -0.39 is 0 Å². The van der Waals surface area contributed by atoms with Crippen molar-refractivity contribution in [3.63, 3.8) is 0 Å². The number of hydrogen-bond donors (Lipinski definition) is 3. The number of rotatable bonds is 6. The van der Waals surface area contributed by atoms with Crippen molar-refractivity contribution in [2.75, 3.05) is 10.6 Å². The highest BCUT2D eigenvalue weighted by atomic mass is 16.1. The zero-order valence-electron chi connectivity index (χ0n) is 19.2. The molecule has 162 valence electrons. The zero-order chi connectivity index (χ0) is 22.7. The highest BCUT2D eigenvalue weighted by Crippen LogP contribution is 2.35. The van der Waals surface area contributed by atoms with Gasteiger partial charge in [0.15, 0.2) is 0 Å². The Bertz CT molecular complexity index is 1080. The molecule has 0 aliphatic rings. The second-order valence-electron chi connectivity index (χ2n) is 8.18. The maximum atomic E-state index is 12.5. The van der Waals surface area contributed by atoms with Crippen molar-refractivity contribution >= 4 is 23.6 Å². The summed E-state index contributed by atoms with van der Waals surface area (Å²) < 4.78 is 0. The summed E-state index contributed by atoms with van der Waals surface area (Å²) in [4.78, 5) is 12.5.